The molecule has 0 saturated heterocycles. The number of nitriles is 1. The molecule has 6 heteroatoms. The van der Waals surface area contributed by atoms with Crippen molar-refractivity contribution in [3.63, 3.8) is 0 Å². The zero-order valence-corrected chi connectivity index (χ0v) is 10.8. The molecule has 2 aromatic rings. The number of nitrogens with zero attached hydrogens (tertiary/aromatic N) is 3. The molecule has 5 nitrogen and oxygen atoms in total. The zero-order chi connectivity index (χ0) is 14.5. The minimum Gasteiger partial charge on any atom is -0.462 e. The number of benzene rings is 1. The van der Waals surface area contributed by atoms with Gasteiger partial charge in [-0.25, -0.2) is 9.18 Å². The Kier molecular flexibility index (Phi) is 4.11. The second-order valence-corrected chi connectivity index (χ2v) is 4.07. The van der Waals surface area contributed by atoms with E-state index in [-0.39, 0.29) is 13.2 Å². The van der Waals surface area contributed by atoms with Crippen molar-refractivity contribution in [2.75, 3.05) is 6.61 Å². The number of halogens is 1. The summed E-state index contributed by atoms with van der Waals surface area (Å²) < 4.78 is 19.9. The van der Waals surface area contributed by atoms with Crippen LogP contribution in [0.2, 0.25) is 0 Å². The van der Waals surface area contributed by atoms with Gasteiger partial charge in [-0.2, -0.15) is 10.4 Å². The number of aromatic nitrogens is 2. The van der Waals surface area contributed by atoms with Crippen molar-refractivity contribution in [1.82, 2.24) is 9.78 Å². The predicted octanol–water partition coefficient (Wildman–Crippen LogP) is 2.12. The van der Waals surface area contributed by atoms with E-state index in [9.17, 15) is 9.18 Å². The molecule has 20 heavy (non-hydrogen) atoms. The maximum absolute atomic E-state index is 13.6. The molecule has 0 fully saturated rings. The first-order valence-electron chi connectivity index (χ1n) is 6.02. The zero-order valence-electron chi connectivity index (χ0n) is 10.8. The van der Waals surface area contributed by atoms with Gasteiger partial charge >= 0.3 is 5.97 Å². The van der Waals surface area contributed by atoms with Crippen molar-refractivity contribution in [2.45, 2.75) is 13.5 Å². The van der Waals surface area contributed by atoms with Crippen molar-refractivity contribution in [2.24, 2.45) is 0 Å². The lowest BCUT2D eigenvalue weighted by molar-refractivity contribution is 0.0526. The third kappa shape index (κ3) is 3.01. The summed E-state index contributed by atoms with van der Waals surface area (Å²) >= 11 is 0. The number of hydrogen-bond donors (Lipinski definition) is 0. The molecule has 0 unspecified atom stereocenters. The number of carbonyl (C=O) groups excluding carboxylic acids is 1. The second kappa shape index (κ2) is 5.97. The van der Waals surface area contributed by atoms with E-state index in [0.717, 1.165) is 0 Å². The van der Waals surface area contributed by atoms with Crippen LogP contribution in [0.4, 0.5) is 4.39 Å². The number of rotatable bonds is 4. The monoisotopic (exact) mass is 273 g/mol. The first-order chi connectivity index (χ1) is 9.63. The standard InChI is InChI=1S/C14H12FN3O2/c1-2-20-14(19)12-7-17-18(9-12)8-11-5-10(6-16)3-4-13(11)15/h3-5,7,9H,2,8H2,1H3. The van der Waals surface area contributed by atoms with E-state index in [2.05, 4.69) is 5.10 Å². The van der Waals surface area contributed by atoms with Crippen LogP contribution in [-0.4, -0.2) is 22.4 Å². The van der Waals surface area contributed by atoms with E-state index in [0.29, 0.717) is 16.7 Å². The average Bonchev–Trinajstić information content (AvgIpc) is 2.90. The van der Waals surface area contributed by atoms with Crippen LogP contribution < -0.4 is 0 Å². The molecule has 1 aromatic heterocycles. The lowest BCUT2D eigenvalue weighted by Gasteiger charge is -2.04. The van der Waals surface area contributed by atoms with E-state index < -0.39 is 11.8 Å². The Balaban J connectivity index is 2.19. The molecule has 1 aromatic carbocycles. The number of ether oxygens (including phenoxy) is 1. The Morgan fingerprint density at radius 2 is 2.35 bits per heavy atom. The van der Waals surface area contributed by atoms with Gasteiger partial charge in [-0.3, -0.25) is 4.68 Å². The summed E-state index contributed by atoms with van der Waals surface area (Å²) in [4.78, 5) is 11.5. The first-order valence-corrected chi connectivity index (χ1v) is 6.02. The molecule has 0 N–H and O–H groups in total. The summed E-state index contributed by atoms with van der Waals surface area (Å²) in [5, 5.41) is 12.8. The molecule has 0 saturated carbocycles. The summed E-state index contributed by atoms with van der Waals surface area (Å²) in [6, 6.07) is 6.06. The lowest BCUT2D eigenvalue weighted by Crippen LogP contribution is -2.05. The summed E-state index contributed by atoms with van der Waals surface area (Å²) in [7, 11) is 0. The van der Waals surface area contributed by atoms with Gasteiger partial charge in [0.1, 0.15) is 5.82 Å². The smallest absolute Gasteiger partial charge is 0.341 e. The van der Waals surface area contributed by atoms with Gasteiger partial charge in [-0.1, -0.05) is 0 Å². The summed E-state index contributed by atoms with van der Waals surface area (Å²) in [6.07, 6.45) is 2.85. The molecule has 0 spiro atoms. The second-order valence-electron chi connectivity index (χ2n) is 4.07. The normalized spacial score (nSPS) is 10.1. The lowest BCUT2D eigenvalue weighted by atomic mass is 10.1. The molecule has 102 valence electrons. The molecule has 0 aliphatic rings. The molecule has 0 amide bonds. The van der Waals surface area contributed by atoms with Crippen LogP contribution in [0, 0.1) is 17.1 Å². The Morgan fingerprint density at radius 1 is 1.55 bits per heavy atom. The van der Waals surface area contributed by atoms with Crippen molar-refractivity contribution >= 4 is 5.97 Å². The quantitative estimate of drug-likeness (QED) is 0.800. The predicted molar refractivity (Wildman–Crippen MR) is 68.4 cm³/mol. The van der Waals surface area contributed by atoms with Crippen molar-refractivity contribution < 1.29 is 13.9 Å². The fraction of sp³-hybridized carbons (Fsp3) is 0.214. The van der Waals surface area contributed by atoms with E-state index in [1.807, 2.05) is 6.07 Å². The maximum Gasteiger partial charge on any atom is 0.341 e. The molecule has 0 aliphatic heterocycles. The van der Waals surface area contributed by atoms with Gasteiger partial charge in [-0.05, 0) is 25.1 Å². The highest BCUT2D eigenvalue weighted by Crippen LogP contribution is 2.12. The van der Waals surface area contributed by atoms with Gasteiger partial charge in [0.05, 0.1) is 36.5 Å². The van der Waals surface area contributed by atoms with Gasteiger partial charge in [-0.15, -0.1) is 0 Å². The maximum atomic E-state index is 13.6. The molecule has 0 bridgehead atoms. The van der Waals surface area contributed by atoms with Crippen LogP contribution in [0.3, 0.4) is 0 Å². The summed E-state index contributed by atoms with van der Waals surface area (Å²) in [6.45, 7) is 2.13. The summed E-state index contributed by atoms with van der Waals surface area (Å²) in [5.74, 6) is -0.887. The Hall–Kier alpha value is -2.68. The minimum absolute atomic E-state index is 0.140. The van der Waals surface area contributed by atoms with Gasteiger partial charge in [0.2, 0.25) is 0 Å². The SMILES string of the molecule is CCOC(=O)c1cnn(Cc2cc(C#N)ccc2F)c1. The highest BCUT2D eigenvalue weighted by atomic mass is 19.1. The fourth-order valence-electron chi connectivity index (χ4n) is 1.71. The third-order valence-corrected chi connectivity index (χ3v) is 2.65. The van der Waals surface area contributed by atoms with Crippen molar-refractivity contribution in [3.8, 4) is 6.07 Å². The highest BCUT2D eigenvalue weighted by molar-refractivity contribution is 5.88. The van der Waals surface area contributed by atoms with E-state index in [1.54, 1.807) is 6.92 Å². The Morgan fingerprint density at radius 3 is 3.05 bits per heavy atom. The minimum atomic E-state index is -0.468. The van der Waals surface area contributed by atoms with Gasteiger partial charge in [0.25, 0.3) is 0 Å². The molecular weight excluding hydrogens is 261 g/mol. The number of esters is 1. The van der Waals surface area contributed by atoms with Crippen LogP contribution >= 0.6 is 0 Å². The molecule has 2 rings (SSSR count). The highest BCUT2D eigenvalue weighted by Gasteiger charge is 2.11. The molecule has 0 radical (unpaired) electrons. The first kappa shape index (κ1) is 13.7. The average molecular weight is 273 g/mol. The van der Waals surface area contributed by atoms with Gasteiger partial charge < -0.3 is 4.74 Å². The molecule has 0 aliphatic carbocycles. The van der Waals surface area contributed by atoms with Crippen LogP contribution in [0.25, 0.3) is 0 Å². The Bertz CT molecular complexity index is 673. The van der Waals surface area contributed by atoms with Crippen molar-refractivity contribution in [3.05, 3.63) is 53.1 Å². The molecular formula is C14H12FN3O2. The third-order valence-electron chi connectivity index (χ3n) is 2.65. The van der Waals surface area contributed by atoms with Crippen LogP contribution in [0.5, 0.6) is 0 Å². The van der Waals surface area contributed by atoms with Crippen molar-refractivity contribution in [1.29, 1.82) is 5.26 Å². The van der Waals surface area contributed by atoms with E-state index >= 15 is 0 Å². The van der Waals surface area contributed by atoms with Crippen LogP contribution in [0.1, 0.15) is 28.4 Å². The van der Waals surface area contributed by atoms with Gasteiger partial charge in [0, 0.05) is 11.8 Å². The van der Waals surface area contributed by atoms with Crippen LogP contribution in [-0.2, 0) is 11.3 Å². The summed E-state index contributed by atoms with van der Waals surface area (Å²) in [5.41, 5.74) is 1.02. The topological polar surface area (TPSA) is 67.9 Å². The fourth-order valence-corrected chi connectivity index (χ4v) is 1.71. The van der Waals surface area contributed by atoms with Crippen LogP contribution in [0.15, 0.2) is 30.6 Å². The molecule has 0 atom stereocenters. The number of hydrogen-bond acceptors (Lipinski definition) is 4. The van der Waals surface area contributed by atoms with E-state index in [4.69, 9.17) is 10.00 Å². The molecule has 1 heterocycles. The largest absolute Gasteiger partial charge is 0.462 e. The number of carbonyl (C=O) groups is 1. The van der Waals surface area contributed by atoms with Gasteiger partial charge in [0.15, 0.2) is 0 Å². The Labute approximate surface area is 115 Å². The van der Waals surface area contributed by atoms with E-state index in [1.165, 1.54) is 35.3 Å².